The van der Waals surface area contributed by atoms with Crippen LogP contribution in [-0.2, 0) is 4.79 Å². The van der Waals surface area contributed by atoms with E-state index < -0.39 is 6.04 Å². The molecule has 3 rings (SSSR count). The van der Waals surface area contributed by atoms with Gasteiger partial charge in [-0.05, 0) is 57.7 Å². The monoisotopic (exact) mass is 478 g/mol. The molecule has 1 atom stereocenters. The summed E-state index contributed by atoms with van der Waals surface area (Å²) >= 11 is 1.28. The number of ketones is 1. The Balaban J connectivity index is 1.41. The molecule has 2 aliphatic heterocycles. The van der Waals surface area contributed by atoms with E-state index in [4.69, 9.17) is 11.5 Å². The molecule has 0 aliphatic carbocycles. The molecule has 11 heteroatoms. The van der Waals surface area contributed by atoms with E-state index in [2.05, 4.69) is 30.4 Å². The molecule has 2 saturated heterocycles. The minimum absolute atomic E-state index is 0.0247. The summed E-state index contributed by atoms with van der Waals surface area (Å²) < 4.78 is 0. The van der Waals surface area contributed by atoms with Crippen LogP contribution in [0.25, 0.3) is 0 Å². The molecule has 2 fully saturated rings. The lowest BCUT2D eigenvalue weighted by Gasteiger charge is -2.35. The highest BCUT2D eigenvalue weighted by molar-refractivity contribution is 7.11. The van der Waals surface area contributed by atoms with Crippen molar-refractivity contribution in [3.8, 4) is 0 Å². The van der Waals surface area contributed by atoms with Gasteiger partial charge in [0, 0.05) is 44.3 Å². The molecule has 0 aromatic carbocycles. The van der Waals surface area contributed by atoms with E-state index in [0.29, 0.717) is 30.9 Å². The quantitative estimate of drug-likeness (QED) is 0.141. The lowest BCUT2D eigenvalue weighted by atomic mass is 9.94. The first kappa shape index (κ1) is 25.5. The molecule has 0 spiro atoms. The van der Waals surface area contributed by atoms with Crippen molar-refractivity contribution in [3.63, 3.8) is 0 Å². The first-order valence-corrected chi connectivity index (χ1v) is 12.8. The second-order valence-corrected chi connectivity index (χ2v) is 9.76. The number of nitrogens with two attached hydrogens (primary N) is 2. The van der Waals surface area contributed by atoms with Crippen molar-refractivity contribution in [2.24, 2.45) is 22.4 Å². The number of nitrogens with zero attached hydrogens (tertiary/aromatic N) is 4. The average Bonchev–Trinajstić information content (AvgIpc) is 3.36. The summed E-state index contributed by atoms with van der Waals surface area (Å²) in [6.07, 6.45) is 6.49. The van der Waals surface area contributed by atoms with Crippen molar-refractivity contribution < 1.29 is 9.59 Å². The Bertz CT molecular complexity index is 754. The zero-order valence-corrected chi connectivity index (χ0v) is 20.2. The summed E-state index contributed by atoms with van der Waals surface area (Å²) in [5.41, 5.74) is 10.7. The number of carbonyl (C=O) groups excluding carboxylic acids is 2. The van der Waals surface area contributed by atoms with Crippen LogP contribution in [0.2, 0.25) is 0 Å². The number of Topliss-reactive ketones (excluding diaryl/α,β-unsaturated/α-hetero) is 1. The van der Waals surface area contributed by atoms with Gasteiger partial charge < -0.3 is 27.0 Å². The Morgan fingerprint density at radius 3 is 2.61 bits per heavy atom. The predicted octanol–water partition coefficient (Wildman–Crippen LogP) is -0.128. The van der Waals surface area contributed by atoms with Gasteiger partial charge in [0.25, 0.3) is 0 Å². The Morgan fingerprint density at radius 2 is 1.94 bits per heavy atom. The molecule has 184 valence electrons. The Labute approximate surface area is 200 Å². The van der Waals surface area contributed by atoms with E-state index in [-0.39, 0.29) is 17.6 Å². The van der Waals surface area contributed by atoms with Gasteiger partial charge in [0.2, 0.25) is 11.7 Å². The maximum atomic E-state index is 12.8. The SMILES string of the molecule is NC(N)=NCCC[C@H](NC(=O)CN1CCN(CCC2CCNCC2)CC1)C(=O)c1nccs1. The third-order valence-corrected chi connectivity index (χ3v) is 7.17. The van der Waals surface area contributed by atoms with Gasteiger partial charge in [0.15, 0.2) is 11.0 Å². The number of amides is 1. The van der Waals surface area contributed by atoms with Crippen LogP contribution in [0, 0.1) is 5.92 Å². The van der Waals surface area contributed by atoms with Crippen LogP contribution in [0.15, 0.2) is 16.6 Å². The van der Waals surface area contributed by atoms with Crippen LogP contribution < -0.4 is 22.1 Å². The highest BCUT2D eigenvalue weighted by atomic mass is 32.1. The largest absolute Gasteiger partial charge is 0.370 e. The number of aliphatic imine (C=N–C) groups is 1. The van der Waals surface area contributed by atoms with Gasteiger partial charge >= 0.3 is 0 Å². The number of nitrogens with one attached hydrogen (secondary N) is 2. The zero-order chi connectivity index (χ0) is 23.5. The van der Waals surface area contributed by atoms with E-state index in [1.165, 1.54) is 30.6 Å². The normalized spacial score (nSPS) is 19.2. The number of piperazine rings is 1. The van der Waals surface area contributed by atoms with Crippen molar-refractivity contribution in [2.75, 3.05) is 58.9 Å². The van der Waals surface area contributed by atoms with Gasteiger partial charge in [0.05, 0.1) is 12.6 Å². The lowest BCUT2D eigenvalue weighted by Crippen LogP contribution is -2.51. The van der Waals surface area contributed by atoms with Gasteiger partial charge in [0.1, 0.15) is 0 Å². The standard InChI is InChI=1S/C22H38N8O2S/c23-22(24)27-6-1-2-18(20(32)21-26-9-15-33-21)28-19(31)16-30-13-11-29(12-14-30)10-5-17-3-7-25-8-4-17/h9,15,17-18,25H,1-8,10-14,16H2,(H,28,31)(H4,23,24,27)/t18-/m0/s1. The molecule has 1 amide bonds. The van der Waals surface area contributed by atoms with Crippen molar-refractivity contribution in [1.29, 1.82) is 0 Å². The molecule has 0 radical (unpaired) electrons. The topological polar surface area (TPSA) is 142 Å². The third-order valence-electron chi connectivity index (χ3n) is 6.38. The molecule has 0 bridgehead atoms. The minimum Gasteiger partial charge on any atom is -0.370 e. The summed E-state index contributed by atoms with van der Waals surface area (Å²) in [6.45, 7) is 7.87. The first-order chi connectivity index (χ1) is 16.0. The molecule has 2 aliphatic rings. The summed E-state index contributed by atoms with van der Waals surface area (Å²) in [4.78, 5) is 38.3. The number of piperidine rings is 1. The first-order valence-electron chi connectivity index (χ1n) is 11.9. The molecular weight excluding hydrogens is 440 g/mol. The summed E-state index contributed by atoms with van der Waals surface area (Å²) in [7, 11) is 0. The predicted molar refractivity (Wildman–Crippen MR) is 131 cm³/mol. The summed E-state index contributed by atoms with van der Waals surface area (Å²) in [5, 5.41) is 8.52. The molecule has 6 N–H and O–H groups in total. The van der Waals surface area contributed by atoms with Gasteiger partial charge in [-0.3, -0.25) is 19.5 Å². The summed E-state index contributed by atoms with van der Waals surface area (Å²) in [6, 6.07) is -0.621. The van der Waals surface area contributed by atoms with Crippen molar-refractivity contribution >= 4 is 29.0 Å². The lowest BCUT2D eigenvalue weighted by molar-refractivity contribution is -0.123. The highest BCUT2D eigenvalue weighted by Gasteiger charge is 2.26. The number of thiazole rings is 1. The number of carbonyl (C=O) groups is 2. The Hall–Kier alpha value is -2.08. The van der Waals surface area contributed by atoms with Gasteiger partial charge in [-0.1, -0.05) is 0 Å². The number of aromatic nitrogens is 1. The second-order valence-electron chi connectivity index (χ2n) is 8.87. The molecule has 3 heterocycles. The molecule has 0 unspecified atom stereocenters. The van der Waals surface area contributed by atoms with E-state index in [1.54, 1.807) is 11.6 Å². The smallest absolute Gasteiger partial charge is 0.234 e. The molecule has 1 aromatic heterocycles. The maximum Gasteiger partial charge on any atom is 0.234 e. The Kier molecular flexibility index (Phi) is 10.5. The van der Waals surface area contributed by atoms with E-state index in [9.17, 15) is 9.59 Å². The number of rotatable bonds is 12. The molecule has 33 heavy (non-hydrogen) atoms. The molecule has 10 nitrogen and oxygen atoms in total. The third kappa shape index (κ3) is 9.00. The van der Waals surface area contributed by atoms with E-state index >= 15 is 0 Å². The fourth-order valence-electron chi connectivity index (χ4n) is 4.42. The van der Waals surface area contributed by atoms with E-state index in [1.807, 2.05) is 0 Å². The second kappa shape index (κ2) is 13.6. The highest BCUT2D eigenvalue weighted by Crippen LogP contribution is 2.17. The van der Waals surface area contributed by atoms with Gasteiger partial charge in [-0.2, -0.15) is 0 Å². The average molecular weight is 479 g/mol. The van der Waals surface area contributed by atoms with Crippen molar-refractivity contribution in [1.82, 2.24) is 25.4 Å². The van der Waals surface area contributed by atoms with Gasteiger partial charge in [-0.25, -0.2) is 4.98 Å². The van der Waals surface area contributed by atoms with Crippen LogP contribution in [0.1, 0.15) is 41.9 Å². The minimum atomic E-state index is -0.621. The van der Waals surface area contributed by atoms with Crippen LogP contribution in [-0.4, -0.2) is 97.4 Å². The Morgan fingerprint density at radius 1 is 1.21 bits per heavy atom. The number of guanidine groups is 1. The van der Waals surface area contributed by atoms with Crippen LogP contribution in [0.5, 0.6) is 0 Å². The fourth-order valence-corrected chi connectivity index (χ4v) is 5.05. The van der Waals surface area contributed by atoms with Crippen LogP contribution in [0.3, 0.4) is 0 Å². The molecule has 1 aromatic rings. The number of hydrogen-bond donors (Lipinski definition) is 4. The fraction of sp³-hybridized carbons (Fsp3) is 0.727. The van der Waals surface area contributed by atoms with Gasteiger partial charge in [-0.15, -0.1) is 11.3 Å². The van der Waals surface area contributed by atoms with Crippen molar-refractivity contribution in [2.45, 2.75) is 38.1 Å². The summed E-state index contributed by atoms with van der Waals surface area (Å²) in [5.74, 6) is 0.576. The van der Waals surface area contributed by atoms with Crippen molar-refractivity contribution in [3.05, 3.63) is 16.6 Å². The van der Waals surface area contributed by atoms with Crippen LogP contribution in [0.4, 0.5) is 0 Å². The van der Waals surface area contributed by atoms with E-state index in [0.717, 1.165) is 51.7 Å². The zero-order valence-electron chi connectivity index (χ0n) is 19.4. The maximum absolute atomic E-state index is 12.8. The molecular formula is C22H38N8O2S. The number of hydrogen-bond acceptors (Lipinski definition) is 8. The molecule has 0 saturated carbocycles. The van der Waals surface area contributed by atoms with Crippen LogP contribution >= 0.6 is 11.3 Å².